The third-order valence-electron chi connectivity index (χ3n) is 4.43. The van der Waals surface area contributed by atoms with Gasteiger partial charge in [0.2, 0.25) is 10.0 Å². The van der Waals surface area contributed by atoms with Gasteiger partial charge in [-0.1, -0.05) is 38.8 Å². The summed E-state index contributed by atoms with van der Waals surface area (Å²) in [6.45, 7) is 4.36. The normalized spacial score (nSPS) is 23.2. The van der Waals surface area contributed by atoms with Gasteiger partial charge in [-0.2, -0.15) is 0 Å². The molecule has 0 amide bonds. The zero-order valence-corrected chi connectivity index (χ0v) is 13.9. The van der Waals surface area contributed by atoms with Crippen LogP contribution >= 0.6 is 0 Å². The number of hydrogen-bond donors (Lipinski definition) is 2. The minimum Gasteiger partial charge on any atom is -0.387 e. The first-order chi connectivity index (χ1) is 9.95. The number of nitrogens with one attached hydrogen (secondary N) is 2. The maximum absolute atomic E-state index is 12.7. The van der Waals surface area contributed by atoms with Crippen molar-refractivity contribution in [1.29, 1.82) is 0 Å². The van der Waals surface area contributed by atoms with Crippen LogP contribution in [0.2, 0.25) is 0 Å². The number of rotatable bonds is 5. The molecule has 0 aliphatic heterocycles. The van der Waals surface area contributed by atoms with Gasteiger partial charge < -0.3 is 5.32 Å². The molecule has 0 saturated heterocycles. The highest BCUT2D eigenvalue weighted by Gasteiger charge is 2.31. The average molecular weight is 310 g/mol. The van der Waals surface area contributed by atoms with Gasteiger partial charge in [-0.25, -0.2) is 13.1 Å². The van der Waals surface area contributed by atoms with Crippen LogP contribution in [-0.4, -0.2) is 21.5 Å². The summed E-state index contributed by atoms with van der Waals surface area (Å²) in [4.78, 5) is 0.334. The van der Waals surface area contributed by atoms with Crippen LogP contribution in [-0.2, 0) is 10.0 Å². The molecule has 2 N–H and O–H groups in total. The Kier molecular flexibility index (Phi) is 5.27. The lowest BCUT2D eigenvalue weighted by atomic mass is 9.78. The first-order valence-electron chi connectivity index (χ1n) is 7.75. The molecular formula is C16H26N2O2S. The fourth-order valence-electron chi connectivity index (χ4n) is 3.27. The smallest absolute Gasteiger partial charge is 0.242 e. The molecule has 0 spiro atoms. The van der Waals surface area contributed by atoms with Crippen molar-refractivity contribution in [2.75, 3.05) is 12.4 Å². The van der Waals surface area contributed by atoms with E-state index >= 15 is 0 Å². The van der Waals surface area contributed by atoms with Crippen LogP contribution < -0.4 is 10.0 Å². The van der Waals surface area contributed by atoms with E-state index in [4.69, 9.17) is 0 Å². The summed E-state index contributed by atoms with van der Waals surface area (Å²) < 4.78 is 28.3. The minimum atomic E-state index is -3.48. The highest BCUT2D eigenvalue weighted by molar-refractivity contribution is 7.89. The summed E-state index contributed by atoms with van der Waals surface area (Å²) in [6.07, 6.45) is 4.35. The van der Waals surface area contributed by atoms with Crippen LogP contribution in [0.5, 0.6) is 0 Å². The van der Waals surface area contributed by atoms with E-state index in [1.165, 1.54) is 6.42 Å². The van der Waals surface area contributed by atoms with Gasteiger partial charge in [-0.3, -0.25) is 0 Å². The van der Waals surface area contributed by atoms with Gasteiger partial charge >= 0.3 is 0 Å². The van der Waals surface area contributed by atoms with Crippen LogP contribution in [0.1, 0.15) is 39.5 Å². The standard InChI is InChI=1S/C16H26N2O2S/c1-12(2)13-8-4-5-9-14(13)18-21(19,20)16-11-7-6-10-15(16)17-3/h6-7,10-14,17-18H,4-5,8-9H2,1-3H3. The maximum Gasteiger partial charge on any atom is 0.242 e. The van der Waals surface area contributed by atoms with E-state index in [0.717, 1.165) is 19.3 Å². The van der Waals surface area contributed by atoms with Crippen molar-refractivity contribution in [3.05, 3.63) is 24.3 Å². The van der Waals surface area contributed by atoms with Crippen LogP contribution in [0.3, 0.4) is 0 Å². The Labute approximate surface area is 128 Å². The molecule has 2 rings (SSSR count). The zero-order valence-electron chi connectivity index (χ0n) is 13.1. The van der Waals surface area contributed by atoms with E-state index in [2.05, 4.69) is 23.9 Å². The summed E-state index contributed by atoms with van der Waals surface area (Å²) in [5.41, 5.74) is 0.641. The van der Waals surface area contributed by atoms with Gasteiger partial charge in [0.15, 0.2) is 0 Å². The molecule has 1 aliphatic rings. The van der Waals surface area contributed by atoms with Crippen LogP contribution in [0.4, 0.5) is 5.69 Å². The van der Waals surface area contributed by atoms with Crippen molar-refractivity contribution in [3.63, 3.8) is 0 Å². The summed E-state index contributed by atoms with van der Waals surface area (Å²) >= 11 is 0. The molecule has 0 aromatic heterocycles. The van der Waals surface area contributed by atoms with Gasteiger partial charge in [-0.15, -0.1) is 0 Å². The second-order valence-corrected chi connectivity index (χ2v) is 7.85. The molecule has 0 radical (unpaired) electrons. The van der Waals surface area contributed by atoms with E-state index in [1.807, 2.05) is 6.07 Å². The van der Waals surface area contributed by atoms with Gasteiger partial charge in [-0.05, 0) is 36.8 Å². The van der Waals surface area contributed by atoms with E-state index in [-0.39, 0.29) is 6.04 Å². The lowest BCUT2D eigenvalue weighted by Gasteiger charge is -2.34. The molecule has 1 aromatic rings. The Morgan fingerprint density at radius 1 is 1.14 bits per heavy atom. The molecule has 2 unspecified atom stereocenters. The maximum atomic E-state index is 12.7. The van der Waals surface area contributed by atoms with Crippen molar-refractivity contribution in [2.45, 2.75) is 50.5 Å². The fraction of sp³-hybridized carbons (Fsp3) is 0.625. The van der Waals surface area contributed by atoms with Crippen LogP contribution in [0.25, 0.3) is 0 Å². The molecule has 1 saturated carbocycles. The third kappa shape index (κ3) is 3.77. The molecule has 2 atom stereocenters. The lowest BCUT2D eigenvalue weighted by Crippen LogP contribution is -2.43. The van der Waals surface area contributed by atoms with Crippen molar-refractivity contribution >= 4 is 15.7 Å². The molecule has 0 bridgehead atoms. The predicted molar refractivity (Wildman–Crippen MR) is 86.9 cm³/mol. The molecule has 21 heavy (non-hydrogen) atoms. The molecular weight excluding hydrogens is 284 g/mol. The second-order valence-electron chi connectivity index (χ2n) is 6.17. The molecule has 118 valence electrons. The minimum absolute atomic E-state index is 0.0497. The molecule has 1 aliphatic carbocycles. The van der Waals surface area contributed by atoms with Gasteiger partial charge in [0.05, 0.1) is 5.69 Å². The van der Waals surface area contributed by atoms with E-state index < -0.39 is 10.0 Å². The van der Waals surface area contributed by atoms with Gasteiger partial charge in [0.1, 0.15) is 4.90 Å². The van der Waals surface area contributed by atoms with Gasteiger partial charge in [0, 0.05) is 13.1 Å². The Balaban J connectivity index is 2.24. The monoisotopic (exact) mass is 310 g/mol. The quantitative estimate of drug-likeness (QED) is 0.878. The summed E-state index contributed by atoms with van der Waals surface area (Å²) in [5, 5.41) is 2.95. The van der Waals surface area contributed by atoms with E-state index in [1.54, 1.807) is 25.2 Å². The van der Waals surface area contributed by atoms with E-state index in [9.17, 15) is 8.42 Å². The largest absolute Gasteiger partial charge is 0.387 e. The summed E-state index contributed by atoms with van der Waals surface area (Å²) in [7, 11) is -1.74. The topological polar surface area (TPSA) is 58.2 Å². The van der Waals surface area contributed by atoms with Crippen LogP contribution in [0.15, 0.2) is 29.2 Å². The van der Waals surface area contributed by atoms with E-state index in [0.29, 0.717) is 22.4 Å². The zero-order chi connectivity index (χ0) is 15.5. The number of sulfonamides is 1. The fourth-order valence-corrected chi connectivity index (χ4v) is 4.81. The van der Waals surface area contributed by atoms with Crippen molar-refractivity contribution in [2.24, 2.45) is 11.8 Å². The highest BCUT2D eigenvalue weighted by Crippen LogP contribution is 2.31. The first-order valence-corrected chi connectivity index (χ1v) is 9.23. The lowest BCUT2D eigenvalue weighted by molar-refractivity contribution is 0.226. The molecule has 5 heteroatoms. The summed E-state index contributed by atoms with van der Waals surface area (Å²) in [6, 6.07) is 7.09. The highest BCUT2D eigenvalue weighted by atomic mass is 32.2. The van der Waals surface area contributed by atoms with Gasteiger partial charge in [0.25, 0.3) is 0 Å². The van der Waals surface area contributed by atoms with Crippen LogP contribution in [0, 0.1) is 11.8 Å². The molecule has 1 aromatic carbocycles. The Morgan fingerprint density at radius 2 is 1.81 bits per heavy atom. The Bertz CT molecular complexity index is 569. The molecule has 4 nitrogen and oxygen atoms in total. The van der Waals surface area contributed by atoms with Crippen molar-refractivity contribution < 1.29 is 8.42 Å². The van der Waals surface area contributed by atoms with Crippen molar-refractivity contribution in [3.8, 4) is 0 Å². The number of para-hydroxylation sites is 1. The third-order valence-corrected chi connectivity index (χ3v) is 5.98. The van der Waals surface area contributed by atoms with Crippen molar-refractivity contribution in [1.82, 2.24) is 4.72 Å². The number of benzene rings is 1. The second kappa shape index (κ2) is 6.79. The Hall–Kier alpha value is -1.07. The predicted octanol–water partition coefficient (Wildman–Crippen LogP) is 3.22. The molecule has 0 heterocycles. The first kappa shape index (κ1) is 16.3. The number of hydrogen-bond acceptors (Lipinski definition) is 3. The SMILES string of the molecule is CNc1ccccc1S(=O)(=O)NC1CCCCC1C(C)C. The average Bonchev–Trinajstić information content (AvgIpc) is 2.47. The molecule has 1 fully saturated rings. The Morgan fingerprint density at radius 3 is 2.48 bits per heavy atom. The summed E-state index contributed by atoms with van der Waals surface area (Å²) in [5.74, 6) is 0.924. The number of anilines is 1.